The number of methoxy groups -OCH3 is 1. The number of hydrogen-bond donors (Lipinski definition) is 2. The number of fused-ring (bicyclic) bond motifs is 1. The maximum Gasteiger partial charge on any atom is 0.120 e. The molecule has 3 rings (SSSR count). The van der Waals surface area contributed by atoms with Crippen LogP contribution in [-0.2, 0) is 12.8 Å². The van der Waals surface area contributed by atoms with Gasteiger partial charge in [-0.1, -0.05) is 30.3 Å². The number of hydrogen-bond acceptors (Lipinski definition) is 3. The van der Waals surface area contributed by atoms with Crippen molar-refractivity contribution in [2.75, 3.05) is 19.0 Å². The van der Waals surface area contributed by atoms with Crippen molar-refractivity contribution in [3.05, 3.63) is 59.7 Å². The number of ether oxygens (including phenoxy) is 1. The van der Waals surface area contributed by atoms with E-state index in [0.29, 0.717) is 6.54 Å². The first kappa shape index (κ1) is 13.0. The zero-order valence-corrected chi connectivity index (χ0v) is 11.7. The van der Waals surface area contributed by atoms with Crippen LogP contribution < -0.4 is 15.8 Å². The molecule has 2 aromatic carbocycles. The highest BCUT2D eigenvalue weighted by Crippen LogP contribution is 2.33. The van der Waals surface area contributed by atoms with Crippen LogP contribution in [0.3, 0.4) is 0 Å². The number of nitrogens with one attached hydrogen (secondary N) is 1. The zero-order valence-electron chi connectivity index (χ0n) is 11.7. The standard InChI is InChI=1S/C17H20N2O/c1-20-16-8-4-7-15(9-16)19-17(12-18)10-13-5-2-3-6-14(13)11-17/h2-9,19H,10-12,18H2,1H3. The van der Waals surface area contributed by atoms with Gasteiger partial charge in [0, 0.05) is 18.3 Å². The normalized spacial score (nSPS) is 15.7. The maximum atomic E-state index is 6.07. The van der Waals surface area contributed by atoms with Crippen molar-refractivity contribution >= 4 is 5.69 Å². The molecule has 3 N–H and O–H groups in total. The minimum Gasteiger partial charge on any atom is -0.497 e. The van der Waals surface area contributed by atoms with Crippen LogP contribution in [0.5, 0.6) is 5.75 Å². The Labute approximate surface area is 119 Å². The molecule has 0 fully saturated rings. The third-order valence-corrected chi connectivity index (χ3v) is 4.05. The summed E-state index contributed by atoms with van der Waals surface area (Å²) >= 11 is 0. The molecule has 0 saturated heterocycles. The van der Waals surface area contributed by atoms with Crippen molar-refractivity contribution in [2.45, 2.75) is 18.4 Å². The topological polar surface area (TPSA) is 47.3 Å². The van der Waals surface area contributed by atoms with Crippen molar-refractivity contribution in [1.82, 2.24) is 0 Å². The van der Waals surface area contributed by atoms with E-state index in [0.717, 1.165) is 24.3 Å². The van der Waals surface area contributed by atoms with Crippen LogP contribution >= 0.6 is 0 Å². The SMILES string of the molecule is COc1cccc(NC2(CN)Cc3ccccc3C2)c1. The van der Waals surface area contributed by atoms with Gasteiger partial charge in [0.1, 0.15) is 5.75 Å². The molecule has 20 heavy (non-hydrogen) atoms. The summed E-state index contributed by atoms with van der Waals surface area (Å²) in [7, 11) is 1.68. The van der Waals surface area contributed by atoms with Gasteiger partial charge >= 0.3 is 0 Å². The summed E-state index contributed by atoms with van der Waals surface area (Å²) in [5.74, 6) is 0.859. The van der Waals surface area contributed by atoms with Crippen molar-refractivity contribution in [1.29, 1.82) is 0 Å². The molecule has 1 aliphatic rings. The number of rotatable bonds is 4. The van der Waals surface area contributed by atoms with E-state index in [-0.39, 0.29) is 5.54 Å². The van der Waals surface area contributed by atoms with E-state index in [9.17, 15) is 0 Å². The molecule has 3 heteroatoms. The summed E-state index contributed by atoms with van der Waals surface area (Å²) in [6.45, 7) is 0.610. The lowest BCUT2D eigenvalue weighted by Crippen LogP contribution is -2.46. The molecule has 0 saturated carbocycles. The van der Waals surface area contributed by atoms with Crippen LogP contribution in [0, 0.1) is 0 Å². The van der Waals surface area contributed by atoms with Crippen molar-refractivity contribution in [3.8, 4) is 5.75 Å². The van der Waals surface area contributed by atoms with Crippen LogP contribution in [0.4, 0.5) is 5.69 Å². The molecule has 0 amide bonds. The highest BCUT2D eigenvalue weighted by Gasteiger charge is 2.35. The minimum atomic E-state index is -0.0873. The van der Waals surface area contributed by atoms with E-state index in [2.05, 4.69) is 35.6 Å². The average molecular weight is 268 g/mol. The lowest BCUT2D eigenvalue weighted by atomic mass is 9.95. The Morgan fingerprint density at radius 1 is 1.10 bits per heavy atom. The van der Waals surface area contributed by atoms with Crippen molar-refractivity contribution < 1.29 is 4.74 Å². The zero-order chi connectivity index (χ0) is 14.0. The van der Waals surface area contributed by atoms with E-state index in [1.807, 2.05) is 18.2 Å². The number of anilines is 1. The van der Waals surface area contributed by atoms with E-state index in [1.165, 1.54) is 11.1 Å². The van der Waals surface area contributed by atoms with Crippen molar-refractivity contribution in [3.63, 3.8) is 0 Å². The first-order chi connectivity index (χ1) is 9.74. The van der Waals surface area contributed by atoms with Gasteiger partial charge in [-0.3, -0.25) is 0 Å². The van der Waals surface area contributed by atoms with Gasteiger partial charge < -0.3 is 15.8 Å². The van der Waals surface area contributed by atoms with Crippen LogP contribution in [0.15, 0.2) is 48.5 Å². The molecule has 2 aromatic rings. The van der Waals surface area contributed by atoms with Gasteiger partial charge in [-0.05, 0) is 36.1 Å². The number of nitrogens with two attached hydrogens (primary N) is 1. The molecule has 0 radical (unpaired) electrons. The Hall–Kier alpha value is -2.00. The predicted molar refractivity (Wildman–Crippen MR) is 82.3 cm³/mol. The first-order valence-electron chi connectivity index (χ1n) is 6.94. The van der Waals surface area contributed by atoms with E-state index in [1.54, 1.807) is 7.11 Å². The summed E-state index contributed by atoms with van der Waals surface area (Å²) in [5.41, 5.74) is 9.84. The molecule has 0 spiro atoms. The van der Waals surface area contributed by atoms with Crippen LogP contribution in [0.25, 0.3) is 0 Å². The molecule has 1 aliphatic carbocycles. The molecule has 0 unspecified atom stereocenters. The Kier molecular flexibility index (Phi) is 3.36. The Balaban J connectivity index is 1.85. The summed E-state index contributed by atoms with van der Waals surface area (Å²) in [5, 5.41) is 3.62. The molecule has 0 aliphatic heterocycles. The molecule has 0 aromatic heterocycles. The molecule has 104 valence electrons. The molecule has 0 bridgehead atoms. The molecule has 0 atom stereocenters. The lowest BCUT2D eigenvalue weighted by molar-refractivity contribution is 0.414. The monoisotopic (exact) mass is 268 g/mol. The molecular formula is C17H20N2O. The third kappa shape index (κ3) is 2.37. The highest BCUT2D eigenvalue weighted by molar-refractivity contribution is 5.53. The second-order valence-electron chi connectivity index (χ2n) is 5.46. The van der Waals surface area contributed by atoms with Gasteiger partial charge in [-0.25, -0.2) is 0 Å². The maximum absolute atomic E-state index is 6.07. The average Bonchev–Trinajstić information content (AvgIpc) is 2.86. The Morgan fingerprint density at radius 3 is 2.40 bits per heavy atom. The van der Waals surface area contributed by atoms with Gasteiger partial charge in [0.2, 0.25) is 0 Å². The van der Waals surface area contributed by atoms with E-state index < -0.39 is 0 Å². The molecular weight excluding hydrogens is 248 g/mol. The van der Waals surface area contributed by atoms with Crippen molar-refractivity contribution in [2.24, 2.45) is 5.73 Å². The third-order valence-electron chi connectivity index (χ3n) is 4.05. The molecule has 0 heterocycles. The summed E-state index contributed by atoms with van der Waals surface area (Å²) < 4.78 is 5.28. The second-order valence-corrected chi connectivity index (χ2v) is 5.46. The van der Waals surface area contributed by atoms with Gasteiger partial charge in [-0.2, -0.15) is 0 Å². The lowest BCUT2D eigenvalue weighted by Gasteiger charge is -2.30. The van der Waals surface area contributed by atoms with Crippen LogP contribution in [0.2, 0.25) is 0 Å². The fourth-order valence-corrected chi connectivity index (χ4v) is 2.98. The Bertz CT molecular complexity index is 584. The van der Waals surface area contributed by atoms with E-state index >= 15 is 0 Å². The predicted octanol–water partition coefficient (Wildman–Crippen LogP) is 2.60. The fraction of sp³-hybridized carbons (Fsp3) is 0.294. The van der Waals surface area contributed by atoms with E-state index in [4.69, 9.17) is 10.5 Å². The number of benzene rings is 2. The van der Waals surface area contributed by atoms with Gasteiger partial charge in [0.15, 0.2) is 0 Å². The fourth-order valence-electron chi connectivity index (χ4n) is 2.98. The first-order valence-corrected chi connectivity index (χ1v) is 6.94. The van der Waals surface area contributed by atoms with Crippen LogP contribution in [0.1, 0.15) is 11.1 Å². The second kappa shape index (κ2) is 5.17. The summed E-state index contributed by atoms with van der Waals surface area (Å²) in [6, 6.07) is 16.6. The van der Waals surface area contributed by atoms with Gasteiger partial charge in [-0.15, -0.1) is 0 Å². The minimum absolute atomic E-state index is 0.0873. The molecule has 3 nitrogen and oxygen atoms in total. The Morgan fingerprint density at radius 2 is 1.80 bits per heavy atom. The van der Waals surface area contributed by atoms with Gasteiger partial charge in [0.25, 0.3) is 0 Å². The van der Waals surface area contributed by atoms with Crippen LogP contribution in [-0.4, -0.2) is 19.2 Å². The summed E-state index contributed by atoms with van der Waals surface area (Å²) in [6.07, 6.45) is 1.94. The largest absolute Gasteiger partial charge is 0.497 e. The summed E-state index contributed by atoms with van der Waals surface area (Å²) in [4.78, 5) is 0. The van der Waals surface area contributed by atoms with Gasteiger partial charge in [0.05, 0.1) is 12.6 Å². The quantitative estimate of drug-likeness (QED) is 0.896. The highest BCUT2D eigenvalue weighted by atomic mass is 16.5. The smallest absolute Gasteiger partial charge is 0.120 e.